The van der Waals surface area contributed by atoms with Crippen LogP contribution in [0.25, 0.3) is 32.8 Å². The summed E-state index contributed by atoms with van der Waals surface area (Å²) in [6, 6.07) is 15.3. The summed E-state index contributed by atoms with van der Waals surface area (Å²) < 4.78 is 1.85. The van der Waals surface area contributed by atoms with Crippen LogP contribution in [0.15, 0.2) is 67.1 Å². The average Bonchev–Trinajstić information content (AvgIpc) is 3.14. The molecule has 2 aromatic carbocycles. The zero-order chi connectivity index (χ0) is 22.0. The number of nitrogens with one attached hydrogen (secondary N) is 1. The highest BCUT2D eigenvalue weighted by Crippen LogP contribution is 2.30. The van der Waals surface area contributed by atoms with Crippen molar-refractivity contribution in [1.29, 1.82) is 0 Å². The van der Waals surface area contributed by atoms with Gasteiger partial charge < -0.3 is 15.0 Å². The number of aromatic nitrogens is 2. The molecule has 0 radical (unpaired) electrons. The molecule has 6 nitrogen and oxygen atoms in total. The Morgan fingerprint density at radius 1 is 1.06 bits per heavy atom. The third-order valence-corrected chi connectivity index (χ3v) is 5.41. The van der Waals surface area contributed by atoms with Crippen LogP contribution >= 0.6 is 0 Å². The number of hydrogen-bond donors (Lipinski definition) is 2. The molecule has 0 aliphatic carbocycles. The van der Waals surface area contributed by atoms with Gasteiger partial charge in [-0.1, -0.05) is 50.2 Å². The summed E-state index contributed by atoms with van der Waals surface area (Å²) >= 11 is 0. The number of carbonyl (C=O) groups excluding carboxylic acids is 1. The lowest BCUT2D eigenvalue weighted by Crippen LogP contribution is -2.43. The van der Waals surface area contributed by atoms with E-state index in [1.54, 1.807) is 0 Å². The van der Waals surface area contributed by atoms with Crippen molar-refractivity contribution < 1.29 is 14.7 Å². The summed E-state index contributed by atoms with van der Waals surface area (Å²) in [6.45, 7) is 3.93. The lowest BCUT2D eigenvalue weighted by molar-refractivity contribution is -0.142. The molecule has 0 unspecified atom stereocenters. The second-order valence-electron chi connectivity index (χ2n) is 8.21. The fourth-order valence-electron chi connectivity index (χ4n) is 3.92. The zero-order valence-electron chi connectivity index (χ0n) is 17.6. The maximum absolute atomic E-state index is 12.6. The van der Waals surface area contributed by atoms with E-state index < -0.39 is 12.0 Å². The van der Waals surface area contributed by atoms with Gasteiger partial charge in [0.1, 0.15) is 12.6 Å². The molecule has 2 N–H and O–H groups in total. The first-order valence-corrected chi connectivity index (χ1v) is 10.4. The van der Waals surface area contributed by atoms with Crippen molar-refractivity contribution in [3.63, 3.8) is 0 Å². The molecule has 158 valence electrons. The van der Waals surface area contributed by atoms with Crippen molar-refractivity contribution in [2.24, 2.45) is 5.92 Å². The minimum absolute atomic E-state index is 0.0582. The topological polar surface area (TPSA) is 84.2 Å². The summed E-state index contributed by atoms with van der Waals surface area (Å²) in [5.41, 5.74) is 2.96. The number of hydrogen-bond acceptors (Lipinski definition) is 3. The SMILES string of the molecule is CC(C)C[C@H](NC(=O)Cn1ccc2ccc(-c3cncc4ccccc34)cc21)C(=O)O. The average molecular weight is 415 g/mol. The van der Waals surface area contributed by atoms with Crippen molar-refractivity contribution in [3.8, 4) is 11.1 Å². The van der Waals surface area contributed by atoms with E-state index >= 15 is 0 Å². The number of carboxylic acids is 1. The maximum atomic E-state index is 12.6. The van der Waals surface area contributed by atoms with Crippen LogP contribution in [0.2, 0.25) is 0 Å². The normalized spacial score (nSPS) is 12.4. The smallest absolute Gasteiger partial charge is 0.326 e. The Balaban J connectivity index is 1.63. The van der Waals surface area contributed by atoms with Crippen LogP contribution < -0.4 is 5.32 Å². The Hall–Kier alpha value is -3.67. The highest BCUT2D eigenvalue weighted by Gasteiger charge is 2.21. The maximum Gasteiger partial charge on any atom is 0.326 e. The largest absolute Gasteiger partial charge is 0.480 e. The van der Waals surface area contributed by atoms with Gasteiger partial charge in [-0.15, -0.1) is 0 Å². The fourth-order valence-corrected chi connectivity index (χ4v) is 3.92. The van der Waals surface area contributed by atoms with Gasteiger partial charge in [0.25, 0.3) is 0 Å². The van der Waals surface area contributed by atoms with Gasteiger partial charge in [0.15, 0.2) is 0 Å². The predicted octanol–water partition coefficient (Wildman–Crippen LogP) is 4.47. The first-order chi connectivity index (χ1) is 14.9. The standard InChI is InChI=1S/C25H25N3O3/c1-16(2)11-22(25(30)31)27-24(29)15-28-10-9-17-7-8-18(12-23(17)28)21-14-26-13-19-5-3-4-6-20(19)21/h3-10,12-14,16,22H,11,15H2,1-2H3,(H,27,29)(H,30,31)/t22-/m0/s1. The van der Waals surface area contributed by atoms with Gasteiger partial charge in [0.05, 0.1) is 0 Å². The molecule has 2 heterocycles. The Morgan fingerprint density at radius 3 is 2.65 bits per heavy atom. The Kier molecular flexibility index (Phi) is 5.71. The summed E-state index contributed by atoms with van der Waals surface area (Å²) in [7, 11) is 0. The number of rotatable bonds is 7. The van der Waals surface area contributed by atoms with E-state index in [4.69, 9.17) is 0 Å². The van der Waals surface area contributed by atoms with E-state index in [2.05, 4.69) is 28.5 Å². The molecule has 0 saturated carbocycles. The van der Waals surface area contributed by atoms with E-state index in [-0.39, 0.29) is 18.4 Å². The van der Waals surface area contributed by atoms with Crippen LogP contribution in [0, 0.1) is 5.92 Å². The lowest BCUT2D eigenvalue weighted by atomic mass is 10.0. The van der Waals surface area contributed by atoms with Crippen molar-refractivity contribution in [1.82, 2.24) is 14.9 Å². The van der Waals surface area contributed by atoms with Crippen LogP contribution in [0.5, 0.6) is 0 Å². The summed E-state index contributed by atoms with van der Waals surface area (Å²) in [5.74, 6) is -1.15. The van der Waals surface area contributed by atoms with E-state index in [0.29, 0.717) is 6.42 Å². The molecule has 0 bridgehead atoms. The highest BCUT2D eigenvalue weighted by molar-refractivity contribution is 5.98. The summed E-state index contributed by atoms with van der Waals surface area (Å²) in [5, 5.41) is 15.2. The number of aliphatic carboxylic acids is 1. The van der Waals surface area contributed by atoms with Crippen molar-refractivity contribution >= 4 is 33.6 Å². The van der Waals surface area contributed by atoms with Gasteiger partial charge in [-0.25, -0.2) is 4.79 Å². The number of pyridine rings is 1. The first kappa shape index (κ1) is 20.6. The molecule has 1 atom stereocenters. The fraction of sp³-hybridized carbons (Fsp3) is 0.240. The lowest BCUT2D eigenvalue weighted by Gasteiger charge is -2.17. The molecule has 6 heteroatoms. The first-order valence-electron chi connectivity index (χ1n) is 10.4. The van der Waals surface area contributed by atoms with Crippen LogP contribution in [0.4, 0.5) is 0 Å². The van der Waals surface area contributed by atoms with Gasteiger partial charge in [-0.05, 0) is 40.8 Å². The van der Waals surface area contributed by atoms with Gasteiger partial charge in [-0.3, -0.25) is 9.78 Å². The quantitative estimate of drug-likeness (QED) is 0.466. The molecule has 0 aliphatic rings. The van der Waals surface area contributed by atoms with Crippen molar-refractivity contribution in [3.05, 3.63) is 67.1 Å². The number of fused-ring (bicyclic) bond motifs is 2. The second kappa shape index (κ2) is 8.60. The van der Waals surface area contributed by atoms with E-state index in [0.717, 1.165) is 32.8 Å². The van der Waals surface area contributed by atoms with Crippen LogP contribution in [0.1, 0.15) is 20.3 Å². The zero-order valence-corrected chi connectivity index (χ0v) is 17.6. The molecular formula is C25H25N3O3. The molecule has 0 spiro atoms. The molecule has 0 aliphatic heterocycles. The van der Waals surface area contributed by atoms with Gasteiger partial charge in [-0.2, -0.15) is 0 Å². The molecule has 1 amide bonds. The number of nitrogens with zero attached hydrogens (tertiary/aromatic N) is 2. The molecule has 0 fully saturated rings. The number of carbonyl (C=O) groups is 2. The van der Waals surface area contributed by atoms with Crippen LogP contribution in [-0.4, -0.2) is 32.6 Å². The molecular weight excluding hydrogens is 390 g/mol. The second-order valence-corrected chi connectivity index (χ2v) is 8.21. The monoisotopic (exact) mass is 415 g/mol. The van der Waals surface area contributed by atoms with Crippen LogP contribution in [-0.2, 0) is 16.1 Å². The minimum Gasteiger partial charge on any atom is -0.480 e. The molecule has 2 aromatic heterocycles. The van der Waals surface area contributed by atoms with E-state index in [1.807, 2.05) is 67.3 Å². The third-order valence-electron chi connectivity index (χ3n) is 5.41. The highest BCUT2D eigenvalue weighted by atomic mass is 16.4. The molecule has 31 heavy (non-hydrogen) atoms. The Bertz CT molecular complexity index is 1250. The van der Waals surface area contributed by atoms with E-state index in [9.17, 15) is 14.7 Å². The number of benzene rings is 2. The Labute approximate surface area is 180 Å². The van der Waals surface area contributed by atoms with Gasteiger partial charge >= 0.3 is 5.97 Å². The molecule has 0 saturated heterocycles. The Morgan fingerprint density at radius 2 is 1.87 bits per heavy atom. The van der Waals surface area contributed by atoms with E-state index in [1.165, 1.54) is 0 Å². The number of amides is 1. The van der Waals surface area contributed by atoms with Crippen molar-refractivity contribution in [2.75, 3.05) is 0 Å². The van der Waals surface area contributed by atoms with Crippen LogP contribution in [0.3, 0.4) is 0 Å². The predicted molar refractivity (Wildman–Crippen MR) is 122 cm³/mol. The van der Waals surface area contributed by atoms with Gasteiger partial charge in [0, 0.05) is 35.1 Å². The minimum atomic E-state index is -1.01. The molecule has 4 aromatic rings. The van der Waals surface area contributed by atoms with Gasteiger partial charge in [0.2, 0.25) is 5.91 Å². The molecule has 4 rings (SSSR count). The number of carboxylic acid groups (broad SMARTS) is 1. The third kappa shape index (κ3) is 4.43. The summed E-state index contributed by atoms with van der Waals surface area (Å²) in [6.07, 6.45) is 5.95. The van der Waals surface area contributed by atoms with Crippen molar-refractivity contribution in [2.45, 2.75) is 32.9 Å². The summed E-state index contributed by atoms with van der Waals surface area (Å²) in [4.78, 5) is 28.4.